The summed E-state index contributed by atoms with van der Waals surface area (Å²) in [4.78, 5) is 0. The lowest BCUT2D eigenvalue weighted by atomic mass is 10.0. The van der Waals surface area contributed by atoms with Gasteiger partial charge in [-0.2, -0.15) is 0 Å². The zero-order chi connectivity index (χ0) is 11.5. The maximum atomic E-state index is 13.5. The van der Waals surface area contributed by atoms with Crippen LogP contribution >= 0.6 is 11.6 Å². The van der Waals surface area contributed by atoms with E-state index in [0.717, 1.165) is 25.7 Å². The third-order valence-corrected chi connectivity index (χ3v) is 3.44. The highest BCUT2D eigenvalue weighted by atomic mass is 35.5. The van der Waals surface area contributed by atoms with Crippen LogP contribution in [0.5, 0.6) is 0 Å². The Morgan fingerprint density at radius 2 is 2.19 bits per heavy atom. The average Bonchev–Trinajstić information content (AvgIpc) is 3.07. The van der Waals surface area contributed by atoms with Crippen molar-refractivity contribution in [3.63, 3.8) is 0 Å². The molecule has 0 aliphatic heterocycles. The van der Waals surface area contributed by atoms with Crippen molar-refractivity contribution in [2.24, 2.45) is 5.92 Å². The minimum atomic E-state index is -0.315. The second kappa shape index (κ2) is 5.15. The van der Waals surface area contributed by atoms with Crippen molar-refractivity contribution in [3.8, 4) is 0 Å². The lowest BCUT2D eigenvalue weighted by Gasteiger charge is -2.09. The van der Waals surface area contributed by atoms with Crippen LogP contribution in [0.1, 0.15) is 31.2 Å². The molecule has 1 fully saturated rings. The van der Waals surface area contributed by atoms with E-state index in [2.05, 4.69) is 0 Å². The Morgan fingerprint density at radius 3 is 2.88 bits per heavy atom. The van der Waals surface area contributed by atoms with Crippen molar-refractivity contribution in [2.75, 3.05) is 0 Å². The van der Waals surface area contributed by atoms with Crippen LogP contribution in [0.25, 0.3) is 0 Å². The lowest BCUT2D eigenvalue weighted by Crippen LogP contribution is -2.09. The third kappa shape index (κ3) is 2.96. The Labute approximate surface area is 100 Å². The molecule has 88 valence electrons. The Balaban J connectivity index is 1.82. The molecule has 16 heavy (non-hydrogen) atoms. The fourth-order valence-corrected chi connectivity index (χ4v) is 2.15. The van der Waals surface area contributed by atoms with Gasteiger partial charge in [-0.15, -0.1) is 0 Å². The third-order valence-electron chi connectivity index (χ3n) is 3.14. The molecule has 1 N–H and O–H groups in total. The van der Waals surface area contributed by atoms with E-state index >= 15 is 0 Å². The lowest BCUT2D eigenvalue weighted by molar-refractivity contribution is 0.139. The van der Waals surface area contributed by atoms with Gasteiger partial charge in [0.05, 0.1) is 11.1 Å². The molecule has 0 bridgehead atoms. The van der Waals surface area contributed by atoms with Crippen LogP contribution in [0, 0.1) is 11.7 Å². The quantitative estimate of drug-likeness (QED) is 0.837. The number of hydrogen-bond acceptors (Lipinski definition) is 1. The van der Waals surface area contributed by atoms with Crippen LogP contribution in [-0.2, 0) is 6.42 Å². The summed E-state index contributed by atoms with van der Waals surface area (Å²) in [7, 11) is 0. The number of aryl methyl sites for hydroxylation is 1. The van der Waals surface area contributed by atoms with E-state index in [1.165, 1.54) is 0 Å². The molecule has 1 unspecified atom stereocenters. The number of halogens is 2. The first-order valence-corrected chi connectivity index (χ1v) is 6.17. The van der Waals surface area contributed by atoms with Crippen LogP contribution in [0.3, 0.4) is 0 Å². The first-order valence-electron chi connectivity index (χ1n) is 5.79. The van der Waals surface area contributed by atoms with Crippen LogP contribution in [0.4, 0.5) is 4.39 Å². The van der Waals surface area contributed by atoms with Crippen molar-refractivity contribution in [2.45, 2.75) is 38.2 Å². The summed E-state index contributed by atoms with van der Waals surface area (Å²) in [6, 6.07) is 5.07. The molecule has 1 nitrogen and oxygen atoms in total. The highest BCUT2D eigenvalue weighted by Crippen LogP contribution is 2.34. The molecular weight excluding hydrogens is 227 g/mol. The largest absolute Gasteiger partial charge is 0.393 e. The van der Waals surface area contributed by atoms with Crippen molar-refractivity contribution < 1.29 is 9.50 Å². The van der Waals surface area contributed by atoms with Gasteiger partial charge in [-0.25, -0.2) is 4.39 Å². The van der Waals surface area contributed by atoms with Crippen LogP contribution in [-0.4, -0.2) is 11.2 Å². The fourth-order valence-electron chi connectivity index (χ4n) is 1.96. The second-order valence-electron chi connectivity index (χ2n) is 4.51. The molecule has 1 saturated carbocycles. The van der Waals surface area contributed by atoms with Crippen LogP contribution < -0.4 is 0 Å². The predicted octanol–water partition coefficient (Wildman–Crippen LogP) is 3.57. The van der Waals surface area contributed by atoms with E-state index in [1.54, 1.807) is 18.2 Å². The number of rotatable bonds is 5. The zero-order valence-corrected chi connectivity index (χ0v) is 9.88. The molecule has 0 spiro atoms. The van der Waals surface area contributed by atoms with E-state index < -0.39 is 0 Å². The van der Waals surface area contributed by atoms with Crippen LogP contribution in [0.2, 0.25) is 5.02 Å². The van der Waals surface area contributed by atoms with Crippen molar-refractivity contribution in [1.82, 2.24) is 0 Å². The molecular formula is C13H16ClFO. The van der Waals surface area contributed by atoms with Gasteiger partial charge in [0, 0.05) is 0 Å². The first-order chi connectivity index (χ1) is 7.68. The first kappa shape index (κ1) is 11.9. The van der Waals surface area contributed by atoms with Crippen molar-refractivity contribution in [1.29, 1.82) is 0 Å². The summed E-state index contributed by atoms with van der Waals surface area (Å²) in [5, 5.41) is 9.85. The molecule has 2 rings (SSSR count). The van der Waals surface area contributed by atoms with E-state index in [9.17, 15) is 9.50 Å². The molecule has 0 saturated heterocycles. The number of benzene rings is 1. The average molecular weight is 243 g/mol. The van der Waals surface area contributed by atoms with Gasteiger partial charge in [0.15, 0.2) is 0 Å². The predicted molar refractivity (Wildman–Crippen MR) is 63.1 cm³/mol. The number of aliphatic hydroxyl groups is 1. The summed E-state index contributed by atoms with van der Waals surface area (Å²) >= 11 is 5.69. The summed E-state index contributed by atoms with van der Waals surface area (Å²) in [5.74, 6) is 0.189. The number of hydrogen-bond donors (Lipinski definition) is 1. The summed E-state index contributed by atoms with van der Waals surface area (Å²) in [6.07, 6.45) is 4.32. The fraction of sp³-hybridized carbons (Fsp3) is 0.538. The van der Waals surface area contributed by atoms with E-state index in [-0.39, 0.29) is 16.9 Å². The minimum Gasteiger partial charge on any atom is -0.393 e. The van der Waals surface area contributed by atoms with Gasteiger partial charge < -0.3 is 5.11 Å². The zero-order valence-electron chi connectivity index (χ0n) is 9.13. The van der Waals surface area contributed by atoms with Crippen molar-refractivity contribution >= 4 is 11.6 Å². The van der Waals surface area contributed by atoms with Gasteiger partial charge in [-0.3, -0.25) is 0 Å². The second-order valence-corrected chi connectivity index (χ2v) is 4.92. The van der Waals surface area contributed by atoms with Gasteiger partial charge >= 0.3 is 0 Å². The highest BCUT2D eigenvalue weighted by molar-refractivity contribution is 6.30. The molecule has 1 atom stereocenters. The maximum Gasteiger partial charge on any atom is 0.144 e. The molecule has 1 aliphatic rings. The van der Waals surface area contributed by atoms with Gasteiger partial charge in [-0.05, 0) is 49.7 Å². The van der Waals surface area contributed by atoms with Crippen LogP contribution in [0.15, 0.2) is 18.2 Å². The molecule has 0 aromatic heterocycles. The normalized spacial score (nSPS) is 17.4. The van der Waals surface area contributed by atoms with Gasteiger partial charge in [0.2, 0.25) is 0 Å². The SMILES string of the molecule is OC(CCCc1cccc(Cl)c1F)C1CC1. The molecule has 0 radical (unpaired) electrons. The summed E-state index contributed by atoms with van der Waals surface area (Å²) in [5.41, 5.74) is 0.649. The Bertz CT molecular complexity index is 363. The van der Waals surface area contributed by atoms with Gasteiger partial charge in [0.25, 0.3) is 0 Å². The molecule has 0 heterocycles. The molecule has 3 heteroatoms. The van der Waals surface area contributed by atoms with Crippen molar-refractivity contribution in [3.05, 3.63) is 34.6 Å². The smallest absolute Gasteiger partial charge is 0.144 e. The summed E-state index contributed by atoms with van der Waals surface area (Å²) in [6.45, 7) is 0. The van der Waals surface area contributed by atoms with Gasteiger partial charge in [0.1, 0.15) is 5.82 Å². The molecule has 0 amide bonds. The minimum absolute atomic E-state index is 0.181. The topological polar surface area (TPSA) is 20.2 Å². The standard InChI is InChI=1S/C13H16ClFO/c14-11-5-1-3-10(13(11)15)4-2-6-12(16)9-7-8-9/h1,3,5,9,12,16H,2,4,6-8H2. The Morgan fingerprint density at radius 1 is 1.44 bits per heavy atom. The van der Waals surface area contributed by atoms with E-state index in [1.807, 2.05) is 0 Å². The van der Waals surface area contributed by atoms with E-state index in [0.29, 0.717) is 17.9 Å². The highest BCUT2D eigenvalue weighted by Gasteiger charge is 2.28. The van der Waals surface area contributed by atoms with E-state index in [4.69, 9.17) is 11.6 Å². The molecule has 1 aromatic carbocycles. The molecule has 1 aliphatic carbocycles. The Kier molecular flexibility index (Phi) is 3.82. The maximum absolute atomic E-state index is 13.5. The summed E-state index contributed by atoms with van der Waals surface area (Å²) < 4.78 is 13.5. The Hall–Kier alpha value is -0.600. The van der Waals surface area contributed by atoms with Gasteiger partial charge in [-0.1, -0.05) is 23.7 Å². The molecule has 1 aromatic rings. The number of aliphatic hydroxyl groups excluding tert-OH is 1. The monoisotopic (exact) mass is 242 g/mol.